The van der Waals surface area contributed by atoms with E-state index in [9.17, 15) is 29.7 Å². The molecule has 34 heavy (non-hydrogen) atoms. The van der Waals surface area contributed by atoms with Crippen LogP contribution in [0.25, 0.3) is 0 Å². The van der Waals surface area contributed by atoms with Crippen molar-refractivity contribution < 1.29 is 34.1 Å². The van der Waals surface area contributed by atoms with Crippen LogP contribution in [0, 0.1) is 16.7 Å². The molecule has 0 aromatic carbocycles. The van der Waals surface area contributed by atoms with Crippen LogP contribution in [0.15, 0.2) is 39.3 Å². The van der Waals surface area contributed by atoms with Crippen LogP contribution in [0.1, 0.15) is 70.8 Å². The van der Waals surface area contributed by atoms with Gasteiger partial charge in [-0.3, -0.25) is 9.59 Å². The number of rotatable bonds is 2. The van der Waals surface area contributed by atoms with Gasteiger partial charge in [0.05, 0.1) is 17.8 Å². The molecule has 0 bridgehead atoms. The van der Waals surface area contributed by atoms with Crippen molar-refractivity contribution in [3.05, 3.63) is 46.0 Å². The van der Waals surface area contributed by atoms with Crippen molar-refractivity contribution in [3.8, 4) is 0 Å². The van der Waals surface area contributed by atoms with Gasteiger partial charge in [0.15, 0.2) is 0 Å². The third-order valence-electron chi connectivity index (χ3n) is 9.65. The van der Waals surface area contributed by atoms with Crippen molar-refractivity contribution in [2.24, 2.45) is 16.7 Å². The zero-order valence-corrected chi connectivity index (χ0v) is 19.7. The Morgan fingerprint density at radius 3 is 2.53 bits per heavy atom. The Morgan fingerprint density at radius 1 is 1.15 bits per heavy atom. The summed E-state index contributed by atoms with van der Waals surface area (Å²) in [5.74, 6) is -1.69. The zero-order chi connectivity index (χ0) is 24.7. The number of esters is 1. The molecule has 8 nitrogen and oxygen atoms in total. The summed E-state index contributed by atoms with van der Waals surface area (Å²) < 4.78 is 10.7. The minimum Gasteiger partial charge on any atom is -0.458 e. The van der Waals surface area contributed by atoms with Gasteiger partial charge in [0.2, 0.25) is 0 Å². The molecule has 8 heteroatoms. The van der Waals surface area contributed by atoms with E-state index in [1.807, 2.05) is 6.92 Å². The molecule has 1 aromatic rings. The summed E-state index contributed by atoms with van der Waals surface area (Å²) in [6.07, 6.45) is 3.09. The number of ketones is 1. The molecule has 0 aliphatic heterocycles. The average Bonchev–Trinajstić information content (AvgIpc) is 3.06. The van der Waals surface area contributed by atoms with Crippen LogP contribution < -0.4 is 5.63 Å². The number of fused-ring (bicyclic) bond motifs is 5. The van der Waals surface area contributed by atoms with Gasteiger partial charge in [-0.15, -0.1) is 0 Å². The van der Waals surface area contributed by atoms with E-state index < -0.39 is 57.7 Å². The second kappa shape index (κ2) is 7.35. The molecular formula is C26H32O8. The lowest BCUT2D eigenvalue weighted by Crippen LogP contribution is -2.75. The van der Waals surface area contributed by atoms with Crippen LogP contribution in [-0.4, -0.2) is 50.5 Å². The van der Waals surface area contributed by atoms with Gasteiger partial charge in [0.1, 0.15) is 23.1 Å². The van der Waals surface area contributed by atoms with E-state index in [1.165, 1.54) is 19.3 Å². The standard InChI is InChI=1S/C26H32O8/c1-14(27)34-19-12-25(31)20(23(2)8-6-16(28)10-18(19)23)11-21(29)24(3)17(7-9-26(24,25)32)15-4-5-22(30)33-13-15/h4-5,10,13,16-17,19-20,28,31-32H,6-9,11-12H2,1-3H3. The summed E-state index contributed by atoms with van der Waals surface area (Å²) >= 11 is 0. The molecule has 184 valence electrons. The average molecular weight is 473 g/mol. The highest BCUT2D eigenvalue weighted by Crippen LogP contribution is 2.70. The van der Waals surface area contributed by atoms with E-state index in [1.54, 1.807) is 19.1 Å². The smallest absolute Gasteiger partial charge is 0.335 e. The molecule has 8 atom stereocenters. The van der Waals surface area contributed by atoms with E-state index >= 15 is 0 Å². The third kappa shape index (κ3) is 2.85. The lowest BCUT2D eigenvalue weighted by Gasteiger charge is -2.65. The summed E-state index contributed by atoms with van der Waals surface area (Å²) in [4.78, 5) is 37.3. The molecule has 3 saturated carbocycles. The molecule has 0 saturated heterocycles. The van der Waals surface area contributed by atoms with Gasteiger partial charge in [-0.05, 0) is 55.2 Å². The maximum absolute atomic E-state index is 13.9. The first kappa shape index (κ1) is 23.5. The van der Waals surface area contributed by atoms with Crippen LogP contribution in [0.5, 0.6) is 0 Å². The fourth-order valence-electron chi connectivity index (χ4n) is 7.89. The van der Waals surface area contributed by atoms with Crippen molar-refractivity contribution in [1.29, 1.82) is 0 Å². The zero-order valence-electron chi connectivity index (χ0n) is 19.7. The van der Waals surface area contributed by atoms with Crippen LogP contribution in [0.3, 0.4) is 0 Å². The fourth-order valence-corrected chi connectivity index (χ4v) is 7.89. The summed E-state index contributed by atoms with van der Waals surface area (Å²) in [5, 5.41) is 35.0. The Balaban J connectivity index is 1.65. The SMILES string of the molecule is CC(=O)OC1CC2(O)C(CC(=O)C3(C)C(c4ccc(=O)oc4)CCC23O)C2(C)CCC(O)C=C12. The quantitative estimate of drug-likeness (QED) is 0.440. The highest BCUT2D eigenvalue weighted by molar-refractivity contribution is 5.90. The van der Waals surface area contributed by atoms with Crippen LogP contribution in [0.4, 0.5) is 0 Å². The Labute approximate surface area is 197 Å². The minimum absolute atomic E-state index is 0.0542. The first-order valence-corrected chi connectivity index (χ1v) is 12.0. The van der Waals surface area contributed by atoms with Gasteiger partial charge in [-0.25, -0.2) is 4.79 Å². The molecule has 3 fully saturated rings. The van der Waals surface area contributed by atoms with Gasteiger partial charge in [-0.2, -0.15) is 0 Å². The van der Waals surface area contributed by atoms with E-state index in [0.717, 1.165) is 5.57 Å². The maximum atomic E-state index is 13.9. The number of carbonyl (C=O) groups excluding carboxylic acids is 2. The van der Waals surface area contributed by atoms with Crippen LogP contribution in [0.2, 0.25) is 0 Å². The first-order valence-electron chi connectivity index (χ1n) is 12.0. The fraction of sp³-hybridized carbons (Fsp3) is 0.654. The number of carbonyl (C=O) groups is 2. The molecule has 5 rings (SSSR count). The Kier molecular flexibility index (Phi) is 5.07. The molecule has 0 spiro atoms. The van der Waals surface area contributed by atoms with Crippen LogP contribution >= 0.6 is 0 Å². The maximum Gasteiger partial charge on any atom is 0.335 e. The molecule has 4 aliphatic carbocycles. The Bertz CT molecular complexity index is 1120. The predicted octanol–water partition coefficient (Wildman–Crippen LogP) is 2.00. The van der Waals surface area contributed by atoms with E-state index in [-0.39, 0.29) is 25.0 Å². The topological polar surface area (TPSA) is 134 Å². The molecule has 1 heterocycles. The molecule has 4 aliphatic rings. The van der Waals surface area contributed by atoms with Crippen molar-refractivity contribution in [2.45, 2.75) is 88.6 Å². The normalized spacial score (nSPS) is 45.6. The Morgan fingerprint density at radius 2 is 1.88 bits per heavy atom. The van der Waals surface area contributed by atoms with Crippen LogP contribution in [-0.2, 0) is 14.3 Å². The van der Waals surface area contributed by atoms with Gasteiger partial charge in [0.25, 0.3) is 0 Å². The molecule has 8 unspecified atom stereocenters. The molecule has 0 radical (unpaired) electrons. The molecule has 0 amide bonds. The summed E-state index contributed by atoms with van der Waals surface area (Å²) in [6.45, 7) is 4.93. The lowest BCUT2D eigenvalue weighted by atomic mass is 9.42. The predicted molar refractivity (Wildman–Crippen MR) is 120 cm³/mol. The number of aliphatic hydroxyl groups is 3. The monoisotopic (exact) mass is 472 g/mol. The van der Waals surface area contributed by atoms with Crippen molar-refractivity contribution in [1.82, 2.24) is 0 Å². The highest BCUT2D eigenvalue weighted by atomic mass is 16.5. The number of ether oxygens (including phenoxy) is 1. The summed E-state index contributed by atoms with van der Waals surface area (Å²) in [7, 11) is 0. The third-order valence-corrected chi connectivity index (χ3v) is 9.65. The second-order valence-corrected chi connectivity index (χ2v) is 11.1. The summed E-state index contributed by atoms with van der Waals surface area (Å²) in [5.41, 5.74) is -4.66. The highest BCUT2D eigenvalue weighted by Gasteiger charge is 2.77. The van der Waals surface area contributed by atoms with E-state index in [2.05, 4.69) is 0 Å². The van der Waals surface area contributed by atoms with Gasteiger partial charge < -0.3 is 24.5 Å². The minimum atomic E-state index is -1.77. The van der Waals surface area contributed by atoms with Crippen molar-refractivity contribution >= 4 is 11.8 Å². The van der Waals surface area contributed by atoms with Crippen molar-refractivity contribution in [2.75, 3.05) is 0 Å². The number of hydrogen-bond donors (Lipinski definition) is 3. The van der Waals surface area contributed by atoms with Gasteiger partial charge in [-0.1, -0.05) is 13.0 Å². The van der Waals surface area contributed by atoms with Gasteiger partial charge >= 0.3 is 11.6 Å². The largest absolute Gasteiger partial charge is 0.458 e. The molecule has 3 N–H and O–H groups in total. The first-order chi connectivity index (χ1) is 15.9. The summed E-state index contributed by atoms with van der Waals surface area (Å²) in [6, 6.07) is 2.91. The molecule has 1 aromatic heterocycles. The number of aliphatic hydroxyl groups excluding tert-OH is 1. The van der Waals surface area contributed by atoms with E-state index in [4.69, 9.17) is 9.15 Å². The van der Waals surface area contributed by atoms with Gasteiger partial charge in [0, 0.05) is 37.7 Å². The molecular weight excluding hydrogens is 440 g/mol. The van der Waals surface area contributed by atoms with E-state index in [0.29, 0.717) is 24.8 Å². The number of Topliss-reactive ketones (excluding diaryl/α,β-unsaturated/α-hetero) is 1. The number of hydrogen-bond acceptors (Lipinski definition) is 8. The lowest BCUT2D eigenvalue weighted by molar-refractivity contribution is -0.273. The second-order valence-electron chi connectivity index (χ2n) is 11.1. The Hall–Kier alpha value is -2.29. The van der Waals surface area contributed by atoms with Crippen molar-refractivity contribution in [3.63, 3.8) is 0 Å².